The second-order valence-electron chi connectivity index (χ2n) is 15.2. The summed E-state index contributed by atoms with van der Waals surface area (Å²) in [6, 6.07) is 16.1. The first-order valence-electron chi connectivity index (χ1n) is 16.1. The fourth-order valence-corrected chi connectivity index (χ4v) is 6.64. The van der Waals surface area contributed by atoms with Crippen molar-refractivity contribution in [2.24, 2.45) is 11.3 Å². The van der Waals surface area contributed by atoms with Crippen LogP contribution in [0.25, 0.3) is 21.5 Å². The molecule has 1 fully saturated rings. The number of hydrogen-bond acceptors (Lipinski definition) is 0. The molecule has 0 nitrogen and oxygen atoms in total. The van der Waals surface area contributed by atoms with Gasteiger partial charge in [0.25, 0.3) is 0 Å². The Morgan fingerprint density at radius 1 is 0.732 bits per heavy atom. The van der Waals surface area contributed by atoms with E-state index in [0.29, 0.717) is 11.3 Å². The van der Waals surface area contributed by atoms with Crippen LogP contribution >= 0.6 is 0 Å². The molecule has 0 aliphatic heterocycles. The van der Waals surface area contributed by atoms with Crippen LogP contribution in [0.2, 0.25) is 0 Å². The van der Waals surface area contributed by atoms with Gasteiger partial charge in [-0.2, -0.15) is 11.6 Å². The van der Waals surface area contributed by atoms with Crippen LogP contribution in [0.4, 0.5) is 0 Å². The van der Waals surface area contributed by atoms with Gasteiger partial charge in [-0.05, 0) is 10.8 Å². The van der Waals surface area contributed by atoms with Crippen molar-refractivity contribution in [3.63, 3.8) is 0 Å². The zero-order chi connectivity index (χ0) is 30.6. The van der Waals surface area contributed by atoms with Crippen LogP contribution in [0.5, 0.6) is 0 Å². The van der Waals surface area contributed by atoms with Gasteiger partial charge in [0.15, 0.2) is 0 Å². The molecule has 1 unspecified atom stereocenters. The van der Waals surface area contributed by atoms with Crippen molar-refractivity contribution in [3.05, 3.63) is 76.9 Å². The molecule has 3 aromatic rings. The third kappa shape index (κ3) is 9.26. The molecule has 0 heterocycles. The van der Waals surface area contributed by atoms with Crippen molar-refractivity contribution < 1.29 is 24.2 Å². The molecule has 0 bridgehead atoms. The van der Waals surface area contributed by atoms with Gasteiger partial charge in [-0.25, -0.2) is 5.57 Å². The molecular formula is C40H56Zr. The van der Waals surface area contributed by atoms with E-state index in [1.807, 2.05) is 0 Å². The van der Waals surface area contributed by atoms with Gasteiger partial charge >= 0.3 is 59.5 Å². The van der Waals surface area contributed by atoms with Crippen LogP contribution in [0.15, 0.2) is 59.7 Å². The Balaban J connectivity index is 0.000000196. The van der Waals surface area contributed by atoms with Crippen LogP contribution in [0, 0.1) is 17.4 Å². The maximum absolute atomic E-state index is 3.57. The molecule has 1 saturated carbocycles. The molecule has 0 amide bonds. The van der Waals surface area contributed by atoms with Crippen molar-refractivity contribution in [2.75, 3.05) is 0 Å². The third-order valence-electron chi connectivity index (χ3n) is 8.55. The van der Waals surface area contributed by atoms with E-state index in [1.54, 1.807) is 27.4 Å². The third-order valence-corrected chi connectivity index (χ3v) is 9.78. The van der Waals surface area contributed by atoms with Gasteiger partial charge in [0.1, 0.15) is 0 Å². The second-order valence-corrected chi connectivity index (χ2v) is 17.0. The number of fused-ring (bicyclic) bond motifs is 3. The Hall–Kier alpha value is -1.46. The van der Waals surface area contributed by atoms with Gasteiger partial charge in [0.05, 0.1) is 0 Å². The monoisotopic (exact) mass is 626 g/mol. The number of rotatable bonds is 2. The summed E-state index contributed by atoms with van der Waals surface area (Å²) in [5.74, 6) is 0.573. The van der Waals surface area contributed by atoms with Crippen molar-refractivity contribution in [1.82, 2.24) is 0 Å². The van der Waals surface area contributed by atoms with Crippen LogP contribution in [0.1, 0.15) is 132 Å². The van der Waals surface area contributed by atoms with E-state index in [4.69, 9.17) is 0 Å². The Morgan fingerprint density at radius 3 is 1.54 bits per heavy atom. The molecule has 0 spiro atoms. The summed E-state index contributed by atoms with van der Waals surface area (Å²) >= 11 is 1.69. The van der Waals surface area contributed by atoms with Gasteiger partial charge in [-0.3, -0.25) is 6.08 Å². The molecule has 2 aliphatic carbocycles. The Kier molecular flexibility index (Phi) is 11.5. The van der Waals surface area contributed by atoms with Crippen LogP contribution in [0.3, 0.4) is 0 Å². The van der Waals surface area contributed by atoms with Crippen molar-refractivity contribution >= 4 is 24.8 Å². The second kappa shape index (κ2) is 13.9. The van der Waals surface area contributed by atoms with Gasteiger partial charge in [0.2, 0.25) is 0 Å². The molecule has 5 rings (SSSR count). The standard InChI is InChI=1S/C21H25.C13H21.C6H10.Zr/c1-20(2,3)16-9-7-14-11-15-8-10-17(21(4,5)6)13-19(15)18(14)12-16;1-6-10-8-11(7-2)12(9-10)13(3,4)5;1-2-4-6-5-3-1;/h7-13H,1-6H3;9-10H,6-7H2,1-5H3;1-5H2;/q2*-1;;+2. The van der Waals surface area contributed by atoms with E-state index < -0.39 is 0 Å². The van der Waals surface area contributed by atoms with Crippen molar-refractivity contribution in [3.8, 4) is 0 Å². The van der Waals surface area contributed by atoms with Gasteiger partial charge < -0.3 is 0 Å². The van der Waals surface area contributed by atoms with Crippen molar-refractivity contribution in [1.29, 1.82) is 0 Å². The first-order valence-corrected chi connectivity index (χ1v) is 17.3. The molecule has 0 saturated heterocycles. The number of hydrogen-bond donors (Lipinski definition) is 0. The van der Waals surface area contributed by atoms with E-state index in [0.717, 1.165) is 6.42 Å². The van der Waals surface area contributed by atoms with Crippen molar-refractivity contribution in [2.45, 2.75) is 132 Å². The zero-order valence-corrected chi connectivity index (χ0v) is 30.6. The molecule has 0 radical (unpaired) electrons. The van der Waals surface area contributed by atoms with Crippen LogP contribution < -0.4 is 0 Å². The average molecular weight is 628 g/mol. The zero-order valence-electron chi connectivity index (χ0n) is 28.1. The summed E-state index contributed by atoms with van der Waals surface area (Å²) in [4.78, 5) is 0. The summed E-state index contributed by atoms with van der Waals surface area (Å²) < 4.78 is 1.80. The number of allylic oxidation sites excluding steroid dienone is 4. The molecule has 41 heavy (non-hydrogen) atoms. The van der Waals surface area contributed by atoms with Gasteiger partial charge in [0, 0.05) is 0 Å². The molecule has 0 aromatic heterocycles. The summed E-state index contributed by atoms with van der Waals surface area (Å²) in [5.41, 5.74) is 6.45. The maximum atomic E-state index is 3.57. The Morgan fingerprint density at radius 2 is 1.22 bits per heavy atom. The summed E-state index contributed by atoms with van der Waals surface area (Å²) in [7, 11) is 0. The Labute approximate surface area is 267 Å². The minimum absolute atomic E-state index is 0.194. The number of benzene rings is 2. The average Bonchev–Trinajstić information content (AvgIpc) is 3.49. The quantitative estimate of drug-likeness (QED) is 0.248. The molecule has 0 N–H and O–H groups in total. The minimum atomic E-state index is 0.194. The fraction of sp³-hybridized carbons (Fsp3) is 0.550. The molecule has 1 atom stereocenters. The van der Waals surface area contributed by atoms with Gasteiger partial charge in [-0.15, -0.1) is 39.7 Å². The predicted molar refractivity (Wildman–Crippen MR) is 181 cm³/mol. The molecular weight excluding hydrogens is 572 g/mol. The molecule has 3 aromatic carbocycles. The Bertz CT molecular complexity index is 1310. The molecule has 2 aliphatic rings. The van der Waals surface area contributed by atoms with E-state index in [9.17, 15) is 0 Å². The first-order chi connectivity index (χ1) is 19.0. The van der Waals surface area contributed by atoms with Crippen LogP contribution in [-0.2, 0) is 35.1 Å². The van der Waals surface area contributed by atoms with Gasteiger partial charge in [-0.1, -0.05) is 136 Å². The molecule has 1 heteroatoms. The van der Waals surface area contributed by atoms with Crippen LogP contribution in [-0.4, -0.2) is 3.21 Å². The normalized spacial score (nSPS) is 18.0. The van der Waals surface area contributed by atoms with E-state index in [2.05, 4.69) is 131 Å². The fourth-order valence-electron chi connectivity index (χ4n) is 5.77. The summed E-state index contributed by atoms with van der Waals surface area (Å²) in [5, 5.41) is 5.49. The molecule has 220 valence electrons. The summed E-state index contributed by atoms with van der Waals surface area (Å²) in [6.45, 7) is 25.0. The predicted octanol–water partition coefficient (Wildman–Crippen LogP) is 12.1. The van der Waals surface area contributed by atoms with E-state index in [1.165, 1.54) is 82.3 Å². The topological polar surface area (TPSA) is 0 Å². The van der Waals surface area contributed by atoms with E-state index >= 15 is 0 Å². The first kappa shape index (κ1) is 34.0. The summed E-state index contributed by atoms with van der Waals surface area (Å²) in [6.07, 6.45) is 15.6. The van der Waals surface area contributed by atoms with E-state index in [-0.39, 0.29) is 10.8 Å². The SMILES string of the molecule is CC(C)(C)c1ccc2[cH-]c3ccc(C(C)(C)C)cc3c2c1.CCC1=[C-]C(CC)C=C1C(C)(C)C.[Zr+2]=[C]1CCCCC1.